The van der Waals surface area contributed by atoms with Gasteiger partial charge in [-0.15, -0.1) is 0 Å². The molecule has 0 atom stereocenters. The van der Waals surface area contributed by atoms with Crippen LogP contribution in [0.5, 0.6) is 5.75 Å². The number of fused-ring (bicyclic) bond motifs is 1. The largest absolute Gasteiger partial charge is 0.490 e. The molecule has 7 nitrogen and oxygen atoms in total. The number of hydrogen-bond donors (Lipinski definition) is 1. The Bertz CT molecular complexity index is 998. The lowest BCUT2D eigenvalue weighted by molar-refractivity contribution is -0.122. The maximum atomic E-state index is 12.7. The summed E-state index contributed by atoms with van der Waals surface area (Å²) in [4.78, 5) is 41.5. The normalized spacial score (nSPS) is 15.3. The smallest absolute Gasteiger partial charge is 0.254 e. The van der Waals surface area contributed by atoms with E-state index in [4.69, 9.17) is 4.74 Å². The first-order valence-electron chi connectivity index (χ1n) is 10.8. The fraction of sp³-hybridized carbons (Fsp3) is 0.375. The van der Waals surface area contributed by atoms with Gasteiger partial charge in [0.2, 0.25) is 11.8 Å². The molecule has 0 radical (unpaired) electrons. The first-order chi connectivity index (χ1) is 15.0. The third-order valence-corrected chi connectivity index (χ3v) is 5.83. The Morgan fingerprint density at radius 3 is 2.55 bits per heavy atom. The summed E-state index contributed by atoms with van der Waals surface area (Å²) in [7, 11) is 0. The topological polar surface area (TPSA) is 79.0 Å². The number of nitrogens with zero attached hydrogens (tertiary/aromatic N) is 2. The molecule has 0 unspecified atom stereocenters. The molecule has 1 saturated heterocycles. The molecule has 2 aliphatic rings. The molecule has 31 heavy (non-hydrogen) atoms. The average molecular weight is 421 g/mol. The number of ether oxygens (including phenoxy) is 1. The Kier molecular flexibility index (Phi) is 6.21. The van der Waals surface area contributed by atoms with Gasteiger partial charge < -0.3 is 19.9 Å². The summed E-state index contributed by atoms with van der Waals surface area (Å²) in [6.07, 6.45) is 2.24. The van der Waals surface area contributed by atoms with Crippen LogP contribution in [0.1, 0.15) is 41.6 Å². The van der Waals surface area contributed by atoms with Crippen LogP contribution in [0.15, 0.2) is 42.5 Å². The molecule has 2 aliphatic heterocycles. The molecule has 0 aromatic heterocycles. The van der Waals surface area contributed by atoms with Crippen molar-refractivity contribution >= 4 is 29.1 Å². The third kappa shape index (κ3) is 4.55. The first kappa shape index (κ1) is 20.9. The summed E-state index contributed by atoms with van der Waals surface area (Å²) in [6.45, 7) is 4.31. The lowest BCUT2D eigenvalue weighted by Gasteiger charge is -2.29. The van der Waals surface area contributed by atoms with Crippen LogP contribution < -0.4 is 15.0 Å². The first-order valence-corrected chi connectivity index (χ1v) is 10.8. The van der Waals surface area contributed by atoms with E-state index in [-0.39, 0.29) is 30.6 Å². The number of anilines is 2. The van der Waals surface area contributed by atoms with Crippen LogP contribution in [-0.2, 0) is 9.59 Å². The molecule has 4 rings (SSSR count). The number of amides is 3. The summed E-state index contributed by atoms with van der Waals surface area (Å²) in [5.41, 5.74) is 2.71. The SMILES string of the molecule is Cc1c(NC(=O)CCC(=O)N2CCOc3ccccc32)cccc1C(=O)N1CCCC1. The van der Waals surface area contributed by atoms with Crippen molar-refractivity contribution in [3.63, 3.8) is 0 Å². The van der Waals surface area contributed by atoms with Gasteiger partial charge in [0, 0.05) is 37.2 Å². The second kappa shape index (κ2) is 9.20. The van der Waals surface area contributed by atoms with E-state index in [9.17, 15) is 14.4 Å². The zero-order chi connectivity index (χ0) is 21.8. The molecule has 1 N–H and O–H groups in total. The highest BCUT2D eigenvalue weighted by molar-refractivity contribution is 6.01. The van der Waals surface area contributed by atoms with E-state index in [0.29, 0.717) is 30.2 Å². The number of para-hydroxylation sites is 2. The molecule has 0 aliphatic carbocycles. The van der Waals surface area contributed by atoms with Crippen molar-refractivity contribution in [1.29, 1.82) is 0 Å². The molecule has 162 valence electrons. The Morgan fingerprint density at radius 2 is 1.74 bits per heavy atom. The molecular formula is C24H27N3O4. The van der Waals surface area contributed by atoms with Gasteiger partial charge in [-0.3, -0.25) is 14.4 Å². The molecule has 3 amide bonds. The van der Waals surface area contributed by atoms with Crippen molar-refractivity contribution in [1.82, 2.24) is 4.90 Å². The summed E-state index contributed by atoms with van der Waals surface area (Å²) < 4.78 is 5.58. The van der Waals surface area contributed by atoms with E-state index in [1.807, 2.05) is 36.1 Å². The van der Waals surface area contributed by atoms with Crippen LogP contribution >= 0.6 is 0 Å². The fourth-order valence-corrected chi connectivity index (χ4v) is 4.09. The van der Waals surface area contributed by atoms with Crippen molar-refractivity contribution < 1.29 is 19.1 Å². The van der Waals surface area contributed by atoms with Crippen LogP contribution in [0.4, 0.5) is 11.4 Å². The monoisotopic (exact) mass is 421 g/mol. The predicted molar refractivity (Wildman–Crippen MR) is 118 cm³/mol. The highest BCUT2D eigenvalue weighted by Crippen LogP contribution is 2.31. The van der Waals surface area contributed by atoms with Gasteiger partial charge in [0.05, 0.1) is 12.2 Å². The van der Waals surface area contributed by atoms with Crippen molar-refractivity contribution in [2.75, 3.05) is 36.5 Å². The summed E-state index contributed by atoms with van der Waals surface area (Å²) in [5.74, 6) is 0.332. The average Bonchev–Trinajstić information content (AvgIpc) is 3.33. The van der Waals surface area contributed by atoms with Gasteiger partial charge >= 0.3 is 0 Å². The van der Waals surface area contributed by atoms with Crippen molar-refractivity contribution in [3.8, 4) is 5.75 Å². The van der Waals surface area contributed by atoms with E-state index in [2.05, 4.69) is 5.32 Å². The van der Waals surface area contributed by atoms with E-state index in [0.717, 1.165) is 37.2 Å². The van der Waals surface area contributed by atoms with E-state index < -0.39 is 0 Å². The van der Waals surface area contributed by atoms with Crippen LogP contribution in [0.3, 0.4) is 0 Å². The highest BCUT2D eigenvalue weighted by Gasteiger charge is 2.24. The minimum atomic E-state index is -0.247. The lowest BCUT2D eigenvalue weighted by Crippen LogP contribution is -2.38. The molecular weight excluding hydrogens is 394 g/mol. The lowest BCUT2D eigenvalue weighted by atomic mass is 10.1. The van der Waals surface area contributed by atoms with Gasteiger partial charge in [-0.1, -0.05) is 18.2 Å². The van der Waals surface area contributed by atoms with Gasteiger partial charge in [-0.05, 0) is 49.6 Å². The molecule has 0 spiro atoms. The van der Waals surface area contributed by atoms with Gasteiger partial charge in [0.1, 0.15) is 12.4 Å². The Balaban J connectivity index is 1.37. The maximum Gasteiger partial charge on any atom is 0.254 e. The minimum absolute atomic E-state index is 0.00672. The molecule has 0 bridgehead atoms. The number of nitrogens with one attached hydrogen (secondary N) is 1. The Labute approximate surface area is 182 Å². The fourth-order valence-electron chi connectivity index (χ4n) is 4.09. The Morgan fingerprint density at radius 1 is 0.968 bits per heavy atom. The quantitative estimate of drug-likeness (QED) is 0.803. The molecule has 7 heteroatoms. The highest BCUT2D eigenvalue weighted by atomic mass is 16.5. The van der Waals surface area contributed by atoms with Crippen molar-refractivity contribution in [2.45, 2.75) is 32.6 Å². The van der Waals surface area contributed by atoms with E-state index in [1.54, 1.807) is 23.1 Å². The number of carbonyl (C=O) groups excluding carboxylic acids is 3. The van der Waals surface area contributed by atoms with Gasteiger partial charge in [0.25, 0.3) is 5.91 Å². The van der Waals surface area contributed by atoms with Crippen LogP contribution in [-0.4, -0.2) is 48.9 Å². The summed E-state index contributed by atoms with van der Waals surface area (Å²) in [5, 5.41) is 2.87. The molecule has 2 aromatic carbocycles. The minimum Gasteiger partial charge on any atom is -0.490 e. The number of benzene rings is 2. The predicted octanol–water partition coefficient (Wildman–Crippen LogP) is 3.38. The number of rotatable bonds is 5. The summed E-state index contributed by atoms with van der Waals surface area (Å²) in [6, 6.07) is 12.8. The molecule has 0 saturated carbocycles. The molecule has 1 fully saturated rings. The second-order valence-corrected chi connectivity index (χ2v) is 7.89. The van der Waals surface area contributed by atoms with Crippen molar-refractivity contribution in [2.24, 2.45) is 0 Å². The number of likely N-dealkylation sites (tertiary alicyclic amines) is 1. The van der Waals surface area contributed by atoms with E-state index in [1.165, 1.54) is 0 Å². The number of hydrogen-bond acceptors (Lipinski definition) is 4. The number of carbonyl (C=O) groups is 3. The molecule has 2 aromatic rings. The Hall–Kier alpha value is -3.35. The molecule has 2 heterocycles. The van der Waals surface area contributed by atoms with Gasteiger partial charge in [-0.25, -0.2) is 0 Å². The van der Waals surface area contributed by atoms with E-state index >= 15 is 0 Å². The second-order valence-electron chi connectivity index (χ2n) is 7.89. The zero-order valence-corrected chi connectivity index (χ0v) is 17.7. The maximum absolute atomic E-state index is 12.7. The summed E-state index contributed by atoms with van der Waals surface area (Å²) >= 11 is 0. The van der Waals surface area contributed by atoms with Crippen molar-refractivity contribution in [3.05, 3.63) is 53.6 Å². The van der Waals surface area contributed by atoms with Gasteiger partial charge in [0.15, 0.2) is 0 Å². The van der Waals surface area contributed by atoms with Gasteiger partial charge in [-0.2, -0.15) is 0 Å². The third-order valence-electron chi connectivity index (χ3n) is 5.83. The van der Waals surface area contributed by atoms with Crippen LogP contribution in [0.25, 0.3) is 0 Å². The van der Waals surface area contributed by atoms with Crippen LogP contribution in [0, 0.1) is 6.92 Å². The standard InChI is InChI=1S/C24H27N3O4/c1-17-18(24(30)26-13-4-5-14-26)7-6-8-19(17)25-22(28)11-12-23(29)27-15-16-31-21-10-3-2-9-20(21)27/h2-3,6-10H,4-5,11-16H2,1H3,(H,25,28). The van der Waals surface area contributed by atoms with Crippen LogP contribution in [0.2, 0.25) is 0 Å². The zero-order valence-electron chi connectivity index (χ0n) is 17.7.